The van der Waals surface area contributed by atoms with Crippen LogP contribution in [0.4, 0.5) is 5.82 Å². The maximum Gasteiger partial charge on any atom is 0.303 e. The summed E-state index contributed by atoms with van der Waals surface area (Å²) in [6.45, 7) is 4.70. The predicted molar refractivity (Wildman–Crippen MR) is 155 cm³/mol. The van der Waals surface area contributed by atoms with Gasteiger partial charge in [-0.1, -0.05) is 23.2 Å². The van der Waals surface area contributed by atoms with Gasteiger partial charge in [-0.2, -0.15) is 0 Å². The van der Waals surface area contributed by atoms with Gasteiger partial charge in [0, 0.05) is 47.7 Å². The van der Waals surface area contributed by atoms with Gasteiger partial charge in [-0.05, 0) is 99.5 Å². The zero-order valence-corrected chi connectivity index (χ0v) is 23.5. The summed E-state index contributed by atoms with van der Waals surface area (Å²) in [6.07, 6.45) is 8.45. The third-order valence-electron chi connectivity index (χ3n) is 7.52. The Bertz CT molecular complexity index is 1250. The van der Waals surface area contributed by atoms with E-state index < -0.39 is 5.97 Å². The fourth-order valence-corrected chi connectivity index (χ4v) is 5.96. The van der Waals surface area contributed by atoms with Crippen LogP contribution in [-0.2, 0) is 11.3 Å². The molecule has 4 heterocycles. The average molecular weight is 570 g/mol. The molecule has 0 spiro atoms. The monoisotopic (exact) mass is 568 g/mol. The lowest BCUT2D eigenvalue weighted by atomic mass is 9.92. The van der Waals surface area contributed by atoms with E-state index in [1.165, 1.54) is 19.3 Å². The van der Waals surface area contributed by atoms with Crippen LogP contribution in [0.2, 0.25) is 10.0 Å². The normalized spacial score (nSPS) is 16.8. The van der Waals surface area contributed by atoms with Crippen molar-refractivity contribution in [1.29, 1.82) is 0 Å². The Morgan fingerprint density at radius 2 is 1.72 bits per heavy atom. The quantitative estimate of drug-likeness (QED) is 0.290. The molecule has 0 aliphatic carbocycles. The van der Waals surface area contributed by atoms with Gasteiger partial charge in [0.2, 0.25) is 5.88 Å². The van der Waals surface area contributed by atoms with Crippen molar-refractivity contribution in [2.45, 2.75) is 51.5 Å². The van der Waals surface area contributed by atoms with Gasteiger partial charge >= 0.3 is 5.97 Å². The number of ether oxygens (including phenoxy) is 1. The van der Waals surface area contributed by atoms with Crippen molar-refractivity contribution in [3.8, 4) is 22.9 Å². The number of carbonyl (C=O) groups is 1. The number of carboxylic acids is 1. The van der Waals surface area contributed by atoms with E-state index in [-0.39, 0.29) is 6.42 Å². The first-order chi connectivity index (χ1) is 18.9. The summed E-state index contributed by atoms with van der Waals surface area (Å²) in [6, 6.07) is 13.4. The molecule has 0 atom stereocenters. The van der Waals surface area contributed by atoms with Gasteiger partial charge in [-0.3, -0.25) is 9.69 Å². The number of piperidine rings is 2. The molecule has 2 saturated heterocycles. The first-order valence-electron chi connectivity index (χ1n) is 13.7. The van der Waals surface area contributed by atoms with Gasteiger partial charge in [-0.25, -0.2) is 9.97 Å². The Morgan fingerprint density at radius 1 is 0.974 bits per heavy atom. The number of halogens is 2. The number of aromatic nitrogens is 2. The molecule has 5 rings (SSSR count). The van der Waals surface area contributed by atoms with E-state index in [0.717, 1.165) is 74.6 Å². The zero-order valence-electron chi connectivity index (χ0n) is 22.0. The molecule has 1 N–H and O–H groups in total. The van der Waals surface area contributed by atoms with Crippen molar-refractivity contribution >= 4 is 35.0 Å². The number of anilines is 1. The highest BCUT2D eigenvalue weighted by molar-refractivity contribution is 6.35. The van der Waals surface area contributed by atoms with Crippen LogP contribution < -0.4 is 9.64 Å². The molecule has 0 radical (unpaired) electrons. The summed E-state index contributed by atoms with van der Waals surface area (Å²) in [7, 11) is 0. The lowest BCUT2D eigenvalue weighted by Gasteiger charge is -2.32. The maximum absolute atomic E-state index is 10.9. The van der Waals surface area contributed by atoms with Gasteiger partial charge in [-0.15, -0.1) is 0 Å². The van der Waals surface area contributed by atoms with Gasteiger partial charge in [0.05, 0.1) is 11.9 Å². The predicted octanol–water partition coefficient (Wildman–Crippen LogP) is 7.31. The van der Waals surface area contributed by atoms with Gasteiger partial charge in [0.25, 0.3) is 0 Å². The summed E-state index contributed by atoms with van der Waals surface area (Å²) < 4.78 is 6.21. The summed E-state index contributed by atoms with van der Waals surface area (Å²) in [5.74, 6) is 1.85. The Hall–Kier alpha value is -2.87. The minimum Gasteiger partial charge on any atom is -0.481 e. The fraction of sp³-hybridized carbons (Fsp3) is 0.433. The molecule has 9 heteroatoms. The van der Waals surface area contributed by atoms with E-state index in [0.29, 0.717) is 27.6 Å². The molecule has 0 amide bonds. The largest absolute Gasteiger partial charge is 0.481 e. The Morgan fingerprint density at radius 3 is 2.38 bits per heavy atom. The third-order valence-corrected chi connectivity index (χ3v) is 7.96. The SMILES string of the molecule is O=C(O)CCC1CCN(Cc2cc(Oc3ccc(N4CCCCC4)nc3)nc(-c3cc(Cl)cc(Cl)c3)c2)CC1. The van der Waals surface area contributed by atoms with Crippen LogP contribution in [0, 0.1) is 5.92 Å². The molecule has 0 bridgehead atoms. The first-order valence-corrected chi connectivity index (χ1v) is 14.5. The number of hydrogen-bond acceptors (Lipinski definition) is 6. The van der Waals surface area contributed by atoms with Gasteiger partial charge in [0.15, 0.2) is 0 Å². The van der Waals surface area contributed by atoms with Crippen molar-refractivity contribution in [2.75, 3.05) is 31.1 Å². The Labute approximate surface area is 239 Å². The molecule has 2 aromatic heterocycles. The number of carboxylic acid groups (broad SMARTS) is 1. The molecule has 39 heavy (non-hydrogen) atoms. The second kappa shape index (κ2) is 13.0. The Kier molecular flexibility index (Phi) is 9.22. The molecule has 7 nitrogen and oxygen atoms in total. The van der Waals surface area contributed by atoms with Crippen LogP contribution in [0.15, 0.2) is 48.7 Å². The van der Waals surface area contributed by atoms with Crippen molar-refractivity contribution < 1.29 is 14.6 Å². The minimum atomic E-state index is -0.716. The fourth-order valence-electron chi connectivity index (χ4n) is 5.44. The topological polar surface area (TPSA) is 78.8 Å². The molecule has 3 aromatic rings. The van der Waals surface area contributed by atoms with Crippen molar-refractivity contribution in [3.63, 3.8) is 0 Å². The molecular formula is C30H34Cl2N4O3. The summed E-state index contributed by atoms with van der Waals surface area (Å²) in [4.78, 5) is 25.1. The number of benzene rings is 1. The van der Waals surface area contributed by atoms with Crippen molar-refractivity contribution in [1.82, 2.24) is 14.9 Å². The van der Waals surface area contributed by atoms with Crippen LogP contribution >= 0.6 is 23.2 Å². The van der Waals surface area contributed by atoms with Crippen molar-refractivity contribution in [3.05, 3.63) is 64.3 Å². The standard InChI is InChI=1S/C30H34Cl2N4O3/c31-24-16-23(17-25(32)18-24)27-14-22(20-35-12-8-21(9-13-35)4-7-30(37)38)15-29(34-27)39-26-5-6-28(33-19-26)36-10-2-1-3-11-36/h5-6,14-19,21H,1-4,7-13,20H2,(H,37,38). The van der Waals surface area contributed by atoms with Crippen LogP contribution in [-0.4, -0.2) is 52.1 Å². The summed E-state index contributed by atoms with van der Waals surface area (Å²) >= 11 is 12.6. The molecule has 0 saturated carbocycles. The van der Waals surface area contributed by atoms with Crippen LogP contribution in [0.5, 0.6) is 11.6 Å². The Balaban J connectivity index is 1.33. The highest BCUT2D eigenvalue weighted by atomic mass is 35.5. The second-order valence-corrected chi connectivity index (χ2v) is 11.4. The van der Waals surface area contributed by atoms with Crippen LogP contribution in [0.25, 0.3) is 11.3 Å². The average Bonchev–Trinajstić information content (AvgIpc) is 2.93. The number of rotatable bonds is 9. The van der Waals surface area contributed by atoms with Crippen molar-refractivity contribution in [2.24, 2.45) is 5.92 Å². The van der Waals surface area contributed by atoms with E-state index in [2.05, 4.69) is 20.9 Å². The van der Waals surface area contributed by atoms with Gasteiger partial charge in [0.1, 0.15) is 11.6 Å². The molecule has 2 aliphatic heterocycles. The third kappa shape index (κ3) is 7.84. The second-order valence-electron chi connectivity index (χ2n) is 10.5. The molecule has 206 valence electrons. The first kappa shape index (κ1) is 27.7. The highest BCUT2D eigenvalue weighted by Crippen LogP contribution is 2.31. The summed E-state index contributed by atoms with van der Waals surface area (Å²) in [5.41, 5.74) is 2.64. The number of nitrogens with zero attached hydrogens (tertiary/aromatic N) is 4. The number of pyridine rings is 2. The lowest BCUT2D eigenvalue weighted by molar-refractivity contribution is -0.137. The van der Waals surface area contributed by atoms with E-state index >= 15 is 0 Å². The molecular weight excluding hydrogens is 535 g/mol. The lowest BCUT2D eigenvalue weighted by Crippen LogP contribution is -2.33. The van der Waals surface area contributed by atoms with Crippen LogP contribution in [0.3, 0.4) is 0 Å². The van der Waals surface area contributed by atoms with E-state index in [9.17, 15) is 4.79 Å². The molecule has 2 fully saturated rings. The number of hydrogen-bond donors (Lipinski definition) is 1. The van der Waals surface area contributed by atoms with Gasteiger partial charge < -0.3 is 14.7 Å². The zero-order chi connectivity index (χ0) is 27.2. The molecule has 2 aliphatic rings. The highest BCUT2D eigenvalue weighted by Gasteiger charge is 2.21. The van der Waals surface area contributed by atoms with E-state index in [1.54, 1.807) is 12.3 Å². The number of likely N-dealkylation sites (tertiary alicyclic amines) is 1. The molecule has 0 unspecified atom stereocenters. The summed E-state index contributed by atoms with van der Waals surface area (Å²) in [5, 5.41) is 10.1. The van der Waals surface area contributed by atoms with E-state index in [4.69, 9.17) is 38.0 Å². The molecule has 1 aromatic carbocycles. The maximum atomic E-state index is 10.9. The van der Waals surface area contributed by atoms with E-state index in [1.807, 2.05) is 30.3 Å². The smallest absolute Gasteiger partial charge is 0.303 e. The minimum absolute atomic E-state index is 0.245. The van der Waals surface area contributed by atoms with Crippen LogP contribution in [0.1, 0.15) is 50.5 Å². The number of aliphatic carboxylic acids is 1.